The van der Waals surface area contributed by atoms with Crippen LogP contribution in [0.5, 0.6) is 0 Å². The molecule has 0 saturated carbocycles. The van der Waals surface area contributed by atoms with Crippen LogP contribution >= 0.6 is 11.3 Å². The Balaban J connectivity index is 1.84. The highest BCUT2D eigenvalue weighted by atomic mass is 32.1. The molecule has 1 aromatic carbocycles. The summed E-state index contributed by atoms with van der Waals surface area (Å²) in [6, 6.07) is 9.44. The number of aliphatic imine (C=N–C) groups is 1. The van der Waals surface area contributed by atoms with Crippen molar-refractivity contribution in [1.82, 2.24) is 0 Å². The van der Waals surface area contributed by atoms with E-state index in [2.05, 4.69) is 31.8 Å². The summed E-state index contributed by atoms with van der Waals surface area (Å²) >= 11 is 1.64. The maximum absolute atomic E-state index is 11.5. The van der Waals surface area contributed by atoms with Gasteiger partial charge in [0, 0.05) is 11.1 Å². The van der Waals surface area contributed by atoms with E-state index in [-0.39, 0.29) is 11.4 Å². The zero-order chi connectivity index (χ0) is 19.6. The summed E-state index contributed by atoms with van der Waals surface area (Å²) in [6.07, 6.45) is 4.86. The second-order valence-corrected chi connectivity index (χ2v) is 9.06. The molecule has 0 aliphatic heterocycles. The lowest BCUT2D eigenvalue weighted by Gasteiger charge is -2.33. The normalized spacial score (nSPS) is 16.8. The number of carbonyl (C=O) groups excluding carboxylic acids is 1. The lowest BCUT2D eigenvalue weighted by atomic mass is 9.72. The fraction of sp³-hybridized carbons (Fsp3) is 0.409. The topological polar surface area (TPSA) is 62.4 Å². The number of rotatable bonds is 3. The molecule has 0 bridgehead atoms. The number of ether oxygens (including phenoxy) is 1. The van der Waals surface area contributed by atoms with E-state index in [4.69, 9.17) is 4.74 Å². The molecule has 0 unspecified atom stereocenters. The summed E-state index contributed by atoms with van der Waals surface area (Å²) in [6.45, 7) is 6.87. The third kappa shape index (κ3) is 4.12. The first kappa shape index (κ1) is 19.3. The van der Waals surface area contributed by atoms with E-state index in [0.29, 0.717) is 11.5 Å². The molecule has 1 aromatic heterocycles. The maximum Gasteiger partial charge on any atom is 0.337 e. The van der Waals surface area contributed by atoms with Crippen LogP contribution in [0, 0.1) is 22.7 Å². The SMILES string of the molecule is COC(=O)c1ccc(C=Nc2sc3c(c2C#N)CC[C@H](C(C)(C)C)C3)cc1. The van der Waals surface area contributed by atoms with Gasteiger partial charge >= 0.3 is 5.97 Å². The lowest BCUT2D eigenvalue weighted by molar-refractivity contribution is 0.0600. The van der Waals surface area contributed by atoms with Gasteiger partial charge in [0.25, 0.3) is 0 Å². The second-order valence-electron chi connectivity index (χ2n) is 7.97. The molecule has 0 spiro atoms. The molecule has 0 saturated heterocycles. The fourth-order valence-corrected chi connectivity index (χ4v) is 4.69. The summed E-state index contributed by atoms with van der Waals surface area (Å²) in [5.74, 6) is 0.280. The van der Waals surface area contributed by atoms with Gasteiger partial charge in [-0.15, -0.1) is 11.3 Å². The van der Waals surface area contributed by atoms with Crippen LogP contribution in [-0.4, -0.2) is 19.3 Å². The minimum Gasteiger partial charge on any atom is -0.465 e. The molecule has 140 valence electrons. The van der Waals surface area contributed by atoms with Gasteiger partial charge in [-0.3, -0.25) is 0 Å². The van der Waals surface area contributed by atoms with Crippen LogP contribution in [0.25, 0.3) is 0 Å². The lowest BCUT2D eigenvalue weighted by Crippen LogP contribution is -2.26. The first-order valence-electron chi connectivity index (χ1n) is 9.10. The summed E-state index contributed by atoms with van der Waals surface area (Å²) < 4.78 is 4.71. The molecule has 5 heteroatoms. The predicted molar refractivity (Wildman–Crippen MR) is 109 cm³/mol. The molecule has 4 nitrogen and oxygen atoms in total. The van der Waals surface area contributed by atoms with Crippen molar-refractivity contribution in [2.75, 3.05) is 7.11 Å². The van der Waals surface area contributed by atoms with Gasteiger partial charge in [0.05, 0.1) is 18.2 Å². The van der Waals surface area contributed by atoms with Crippen molar-refractivity contribution < 1.29 is 9.53 Å². The van der Waals surface area contributed by atoms with E-state index in [9.17, 15) is 10.1 Å². The number of fused-ring (bicyclic) bond motifs is 1. The maximum atomic E-state index is 11.5. The Bertz CT molecular complexity index is 912. The first-order chi connectivity index (χ1) is 12.8. The van der Waals surface area contributed by atoms with Gasteiger partial charge in [-0.2, -0.15) is 5.26 Å². The van der Waals surface area contributed by atoms with E-state index in [0.717, 1.165) is 35.4 Å². The molecule has 3 rings (SSSR count). The smallest absolute Gasteiger partial charge is 0.337 e. The number of benzene rings is 1. The summed E-state index contributed by atoms with van der Waals surface area (Å²) in [4.78, 5) is 17.4. The number of nitrogens with zero attached hydrogens (tertiary/aromatic N) is 2. The van der Waals surface area contributed by atoms with Gasteiger partial charge in [-0.05, 0) is 53.9 Å². The molecule has 0 amide bonds. The van der Waals surface area contributed by atoms with Crippen LogP contribution < -0.4 is 0 Å². The number of hydrogen-bond acceptors (Lipinski definition) is 5. The van der Waals surface area contributed by atoms with Gasteiger partial charge in [0.2, 0.25) is 0 Å². The van der Waals surface area contributed by atoms with Gasteiger partial charge in [-0.1, -0.05) is 32.9 Å². The van der Waals surface area contributed by atoms with Crippen molar-refractivity contribution in [3.8, 4) is 6.07 Å². The van der Waals surface area contributed by atoms with E-state index in [1.165, 1.54) is 17.6 Å². The van der Waals surface area contributed by atoms with Gasteiger partial charge in [0.1, 0.15) is 11.1 Å². The third-order valence-electron chi connectivity index (χ3n) is 5.25. The molecular formula is C22H24N2O2S. The largest absolute Gasteiger partial charge is 0.465 e. The molecule has 1 aliphatic carbocycles. The van der Waals surface area contributed by atoms with Crippen molar-refractivity contribution in [1.29, 1.82) is 5.26 Å². The van der Waals surface area contributed by atoms with Crippen LogP contribution in [0.1, 0.15) is 59.1 Å². The third-order valence-corrected chi connectivity index (χ3v) is 6.41. The zero-order valence-corrected chi connectivity index (χ0v) is 17.0. The van der Waals surface area contributed by atoms with Crippen molar-refractivity contribution in [2.45, 2.75) is 40.0 Å². The molecule has 1 aliphatic rings. The van der Waals surface area contributed by atoms with Gasteiger partial charge < -0.3 is 4.74 Å². The van der Waals surface area contributed by atoms with Gasteiger partial charge in [-0.25, -0.2) is 9.79 Å². The standard InChI is InChI=1S/C22H24N2O2S/c1-22(2,3)16-9-10-17-18(12-23)20(27-19(17)11-16)24-13-14-5-7-15(8-6-14)21(25)26-4/h5-8,13,16H,9-11H2,1-4H3/t16-/m0/s1. The van der Waals surface area contributed by atoms with Crippen LogP contribution in [-0.2, 0) is 17.6 Å². The molecule has 2 aromatic rings. The average Bonchev–Trinajstić information content (AvgIpc) is 3.02. The van der Waals surface area contributed by atoms with E-state index in [1.807, 2.05) is 12.1 Å². The van der Waals surface area contributed by atoms with Crippen molar-refractivity contribution >= 4 is 28.5 Å². The second kappa shape index (κ2) is 7.66. The van der Waals surface area contributed by atoms with E-state index >= 15 is 0 Å². The first-order valence-corrected chi connectivity index (χ1v) is 9.92. The summed E-state index contributed by atoms with van der Waals surface area (Å²) in [5.41, 5.74) is 3.58. The van der Waals surface area contributed by atoms with Gasteiger partial charge in [0.15, 0.2) is 0 Å². The Labute approximate surface area is 164 Å². The van der Waals surface area contributed by atoms with Crippen LogP contribution in [0.15, 0.2) is 29.3 Å². The predicted octanol–water partition coefficient (Wildman–Crippen LogP) is 5.31. The zero-order valence-electron chi connectivity index (χ0n) is 16.2. The van der Waals surface area contributed by atoms with Crippen LogP contribution in [0.2, 0.25) is 0 Å². The molecule has 27 heavy (non-hydrogen) atoms. The number of thiophene rings is 1. The van der Waals surface area contributed by atoms with Crippen molar-refractivity contribution in [3.05, 3.63) is 51.4 Å². The highest BCUT2D eigenvalue weighted by Crippen LogP contribution is 2.44. The fourth-order valence-electron chi connectivity index (χ4n) is 3.47. The number of carbonyl (C=O) groups is 1. The number of methoxy groups -OCH3 is 1. The Morgan fingerprint density at radius 1 is 1.33 bits per heavy atom. The Morgan fingerprint density at radius 3 is 2.63 bits per heavy atom. The van der Waals surface area contributed by atoms with E-state index in [1.54, 1.807) is 29.7 Å². The van der Waals surface area contributed by atoms with Crippen LogP contribution in [0.4, 0.5) is 5.00 Å². The van der Waals surface area contributed by atoms with Crippen LogP contribution in [0.3, 0.4) is 0 Å². The molecule has 0 fully saturated rings. The quantitative estimate of drug-likeness (QED) is 0.535. The Morgan fingerprint density at radius 2 is 2.04 bits per heavy atom. The molecule has 0 N–H and O–H groups in total. The molecule has 1 heterocycles. The average molecular weight is 381 g/mol. The Kier molecular flexibility index (Phi) is 5.48. The van der Waals surface area contributed by atoms with E-state index < -0.39 is 0 Å². The Hall–Kier alpha value is -2.45. The molecular weight excluding hydrogens is 356 g/mol. The number of nitriles is 1. The highest BCUT2D eigenvalue weighted by molar-refractivity contribution is 7.16. The highest BCUT2D eigenvalue weighted by Gasteiger charge is 2.32. The van der Waals surface area contributed by atoms with Crippen molar-refractivity contribution in [2.24, 2.45) is 16.3 Å². The molecule has 1 atom stereocenters. The van der Waals surface area contributed by atoms with Crippen molar-refractivity contribution in [3.63, 3.8) is 0 Å². The minimum atomic E-state index is -0.357. The number of esters is 1. The minimum absolute atomic E-state index is 0.277. The summed E-state index contributed by atoms with van der Waals surface area (Å²) in [5, 5.41) is 10.4. The molecule has 0 radical (unpaired) electrons. The number of hydrogen-bond donors (Lipinski definition) is 0. The monoisotopic (exact) mass is 380 g/mol. The summed E-state index contributed by atoms with van der Waals surface area (Å²) in [7, 11) is 1.36.